The van der Waals surface area contributed by atoms with E-state index in [4.69, 9.17) is 16.2 Å². The van der Waals surface area contributed by atoms with E-state index in [9.17, 15) is 10.5 Å². The molecule has 0 atom stereocenters. The van der Waals surface area contributed by atoms with Crippen LogP contribution in [-0.2, 0) is 0 Å². The number of nitrogens with two attached hydrogens (primary N) is 2. The number of hydrogen-bond acceptors (Lipinski definition) is 6. The van der Waals surface area contributed by atoms with Crippen molar-refractivity contribution in [2.75, 3.05) is 6.61 Å². The van der Waals surface area contributed by atoms with Crippen LogP contribution in [0, 0.1) is 22.7 Å². The molecule has 0 aliphatic carbocycles. The summed E-state index contributed by atoms with van der Waals surface area (Å²) in [6, 6.07) is 11.4. The van der Waals surface area contributed by atoms with Crippen LogP contribution in [0.5, 0.6) is 5.75 Å². The van der Waals surface area contributed by atoms with Crippen LogP contribution < -0.4 is 16.2 Å². The number of ether oxygens (including phenoxy) is 1. The van der Waals surface area contributed by atoms with Crippen molar-refractivity contribution < 1.29 is 4.74 Å². The number of allylic oxidation sites excluding steroid dienone is 2. The van der Waals surface area contributed by atoms with Gasteiger partial charge in [-0.05, 0) is 24.6 Å². The molecule has 21 heavy (non-hydrogen) atoms. The lowest BCUT2D eigenvalue weighted by atomic mass is 9.86. The topological polar surface area (TPSA) is 109 Å². The van der Waals surface area contributed by atoms with Crippen molar-refractivity contribution in [1.29, 1.82) is 10.5 Å². The van der Waals surface area contributed by atoms with Crippen molar-refractivity contribution in [2.45, 2.75) is 12.8 Å². The molecule has 0 bridgehead atoms. The van der Waals surface area contributed by atoms with E-state index in [0.29, 0.717) is 27.8 Å². The number of benzene rings is 1. The lowest BCUT2D eigenvalue weighted by Gasteiger charge is -2.23. The zero-order valence-corrected chi connectivity index (χ0v) is 12.3. The Morgan fingerprint density at radius 2 is 1.62 bits per heavy atom. The third-order valence-corrected chi connectivity index (χ3v) is 3.97. The fourth-order valence-corrected chi connectivity index (χ4v) is 2.94. The van der Waals surface area contributed by atoms with Gasteiger partial charge in [0.25, 0.3) is 0 Å². The predicted molar refractivity (Wildman–Crippen MR) is 81.6 cm³/mol. The highest BCUT2D eigenvalue weighted by molar-refractivity contribution is 8.06. The number of hydrogen-bond donors (Lipinski definition) is 2. The normalized spacial score (nSPS) is 15.6. The molecule has 0 spiro atoms. The summed E-state index contributed by atoms with van der Waals surface area (Å²) in [6.07, 6.45) is 0. The van der Waals surface area contributed by atoms with E-state index in [2.05, 4.69) is 12.1 Å². The Kier molecular flexibility index (Phi) is 4.42. The summed E-state index contributed by atoms with van der Waals surface area (Å²) >= 11 is 1.06. The zero-order valence-electron chi connectivity index (χ0n) is 11.5. The molecule has 1 aliphatic heterocycles. The molecule has 5 nitrogen and oxygen atoms in total. The molecule has 1 heterocycles. The van der Waals surface area contributed by atoms with Gasteiger partial charge in [-0.3, -0.25) is 0 Å². The molecule has 1 aromatic rings. The average Bonchev–Trinajstić information content (AvgIpc) is 2.48. The van der Waals surface area contributed by atoms with Gasteiger partial charge in [0.2, 0.25) is 0 Å². The zero-order chi connectivity index (χ0) is 15.4. The Morgan fingerprint density at radius 1 is 1.10 bits per heavy atom. The molecule has 0 fully saturated rings. The molecule has 0 aromatic heterocycles. The summed E-state index contributed by atoms with van der Waals surface area (Å²) in [6.45, 7) is 2.48. The monoisotopic (exact) mass is 298 g/mol. The van der Waals surface area contributed by atoms with Gasteiger partial charge in [0.1, 0.15) is 5.75 Å². The van der Waals surface area contributed by atoms with Gasteiger partial charge in [-0.2, -0.15) is 10.5 Å². The summed E-state index contributed by atoms with van der Waals surface area (Å²) < 4.78 is 5.39. The highest BCUT2D eigenvalue weighted by atomic mass is 32.2. The fourth-order valence-electron chi connectivity index (χ4n) is 2.15. The Balaban J connectivity index is 2.49. The lowest BCUT2D eigenvalue weighted by molar-refractivity contribution is 0.340. The minimum atomic E-state index is -0.517. The second-order valence-corrected chi connectivity index (χ2v) is 5.40. The highest BCUT2D eigenvalue weighted by Gasteiger charge is 2.30. The molecule has 0 saturated carbocycles. The quantitative estimate of drug-likeness (QED) is 0.886. The van der Waals surface area contributed by atoms with E-state index >= 15 is 0 Å². The van der Waals surface area contributed by atoms with E-state index < -0.39 is 5.92 Å². The van der Waals surface area contributed by atoms with E-state index in [1.807, 2.05) is 19.1 Å². The van der Waals surface area contributed by atoms with Gasteiger partial charge in [-0.25, -0.2) is 0 Å². The molecule has 0 unspecified atom stereocenters. The molecule has 106 valence electrons. The fraction of sp³-hybridized carbons (Fsp3) is 0.200. The van der Waals surface area contributed by atoms with Gasteiger partial charge in [0, 0.05) is 0 Å². The molecule has 0 saturated heterocycles. The number of thioether (sulfide) groups is 1. The van der Waals surface area contributed by atoms with Gasteiger partial charge in [0.05, 0.1) is 45.9 Å². The van der Waals surface area contributed by atoms with Crippen LogP contribution in [0.3, 0.4) is 0 Å². The lowest BCUT2D eigenvalue weighted by Crippen LogP contribution is -2.18. The first-order valence-electron chi connectivity index (χ1n) is 6.32. The molecular weight excluding hydrogens is 284 g/mol. The van der Waals surface area contributed by atoms with Crippen LogP contribution in [0.2, 0.25) is 0 Å². The van der Waals surface area contributed by atoms with Crippen molar-refractivity contribution >= 4 is 11.8 Å². The maximum atomic E-state index is 9.33. The van der Waals surface area contributed by atoms with Gasteiger partial charge in [-0.15, -0.1) is 0 Å². The molecule has 0 radical (unpaired) electrons. The smallest absolute Gasteiger partial charge is 0.119 e. The Hall–Kier alpha value is -2.57. The van der Waals surface area contributed by atoms with E-state index in [1.54, 1.807) is 12.1 Å². The van der Waals surface area contributed by atoms with Crippen LogP contribution in [0.15, 0.2) is 45.5 Å². The Bertz CT molecular complexity index is 656. The second kappa shape index (κ2) is 6.25. The first-order chi connectivity index (χ1) is 10.1. The van der Waals surface area contributed by atoms with Crippen molar-refractivity contribution in [3.05, 3.63) is 51.0 Å². The van der Waals surface area contributed by atoms with E-state index in [0.717, 1.165) is 23.1 Å². The molecule has 4 N–H and O–H groups in total. The summed E-state index contributed by atoms with van der Waals surface area (Å²) in [5, 5.41) is 19.3. The average molecular weight is 298 g/mol. The Morgan fingerprint density at radius 3 is 2.05 bits per heavy atom. The van der Waals surface area contributed by atoms with Gasteiger partial charge in [-0.1, -0.05) is 23.9 Å². The molecule has 6 heteroatoms. The van der Waals surface area contributed by atoms with Crippen LogP contribution in [0.25, 0.3) is 0 Å². The van der Waals surface area contributed by atoms with Crippen molar-refractivity contribution in [2.24, 2.45) is 11.5 Å². The highest BCUT2D eigenvalue weighted by Crippen LogP contribution is 2.42. The van der Waals surface area contributed by atoms with E-state index in [-0.39, 0.29) is 0 Å². The Labute approximate surface area is 127 Å². The maximum absolute atomic E-state index is 9.33. The number of rotatable bonds is 3. The van der Waals surface area contributed by atoms with Gasteiger partial charge >= 0.3 is 0 Å². The van der Waals surface area contributed by atoms with Crippen molar-refractivity contribution in [1.82, 2.24) is 0 Å². The van der Waals surface area contributed by atoms with Crippen LogP contribution >= 0.6 is 11.8 Å². The first-order valence-corrected chi connectivity index (χ1v) is 7.14. The van der Waals surface area contributed by atoms with Crippen LogP contribution in [0.4, 0.5) is 0 Å². The summed E-state index contributed by atoms with van der Waals surface area (Å²) in [7, 11) is 0. The largest absolute Gasteiger partial charge is 0.494 e. The van der Waals surface area contributed by atoms with Crippen molar-refractivity contribution in [3.8, 4) is 17.9 Å². The minimum absolute atomic E-state index is 0.341. The third kappa shape index (κ3) is 2.81. The third-order valence-electron chi connectivity index (χ3n) is 3.09. The first kappa shape index (κ1) is 14.8. The SMILES string of the molecule is CCOc1ccc(C2C(C#N)=C(N)SC(N)=C2C#N)cc1. The number of nitrogens with zero attached hydrogens (tertiary/aromatic N) is 2. The van der Waals surface area contributed by atoms with Crippen molar-refractivity contribution in [3.63, 3.8) is 0 Å². The summed E-state index contributed by atoms with van der Waals surface area (Å²) in [5.74, 6) is 0.217. The minimum Gasteiger partial charge on any atom is -0.494 e. The molecule has 1 aliphatic rings. The molecule has 2 rings (SSSR count). The summed E-state index contributed by atoms with van der Waals surface area (Å²) in [5.41, 5.74) is 13.3. The van der Waals surface area contributed by atoms with Gasteiger partial charge in [0.15, 0.2) is 0 Å². The summed E-state index contributed by atoms with van der Waals surface area (Å²) in [4.78, 5) is 0. The molecule has 0 amide bonds. The van der Waals surface area contributed by atoms with Gasteiger partial charge < -0.3 is 16.2 Å². The molecular formula is C15H14N4OS. The van der Waals surface area contributed by atoms with Crippen LogP contribution in [-0.4, -0.2) is 6.61 Å². The second-order valence-electron chi connectivity index (χ2n) is 4.32. The van der Waals surface area contributed by atoms with Crippen LogP contribution in [0.1, 0.15) is 18.4 Å². The maximum Gasteiger partial charge on any atom is 0.119 e. The predicted octanol–water partition coefficient (Wildman–Crippen LogP) is 2.30. The molecule has 1 aromatic carbocycles. The van der Waals surface area contributed by atoms with E-state index in [1.165, 1.54) is 0 Å². The standard InChI is InChI=1S/C15H14N4OS/c1-2-20-10-5-3-9(4-6-10)13-11(7-16)14(18)21-15(19)12(13)8-17/h3-6,13H,2,18-19H2,1H3. The number of nitriles is 2.